The summed E-state index contributed by atoms with van der Waals surface area (Å²) >= 11 is 6.10. The van der Waals surface area contributed by atoms with E-state index in [1.165, 1.54) is 12.8 Å². The van der Waals surface area contributed by atoms with Crippen molar-refractivity contribution in [3.8, 4) is 0 Å². The van der Waals surface area contributed by atoms with Crippen LogP contribution < -0.4 is 0 Å². The van der Waals surface area contributed by atoms with Gasteiger partial charge in [0.1, 0.15) is 0 Å². The van der Waals surface area contributed by atoms with E-state index in [2.05, 4.69) is 0 Å². The molecule has 2 bridgehead atoms. The van der Waals surface area contributed by atoms with E-state index < -0.39 is 0 Å². The molecule has 1 saturated heterocycles. The van der Waals surface area contributed by atoms with Crippen LogP contribution in [0, 0.1) is 11.8 Å². The largest absolute Gasteiger partial charge is 0.381 e. The second kappa shape index (κ2) is 2.14. The summed E-state index contributed by atoms with van der Waals surface area (Å²) in [5.41, 5.74) is 0. The normalized spacial score (nSPS) is 49.7. The molecule has 0 aromatic rings. The summed E-state index contributed by atoms with van der Waals surface area (Å²) in [6.45, 7) is 1.81. The fourth-order valence-electron chi connectivity index (χ4n) is 1.85. The minimum absolute atomic E-state index is 0.429. The van der Waals surface area contributed by atoms with E-state index in [-0.39, 0.29) is 0 Å². The van der Waals surface area contributed by atoms with Crippen molar-refractivity contribution in [2.45, 2.75) is 18.2 Å². The Morgan fingerprint density at radius 3 is 2.11 bits per heavy atom. The zero-order chi connectivity index (χ0) is 6.27. The number of hydrogen-bond acceptors (Lipinski definition) is 1. The Balaban J connectivity index is 2.10. The van der Waals surface area contributed by atoms with Gasteiger partial charge in [-0.25, -0.2) is 0 Å². The van der Waals surface area contributed by atoms with Crippen LogP contribution in [0.1, 0.15) is 12.8 Å². The van der Waals surface area contributed by atoms with Gasteiger partial charge in [0.2, 0.25) is 0 Å². The lowest BCUT2D eigenvalue weighted by Crippen LogP contribution is -2.28. The molecule has 0 amide bonds. The SMILES string of the molecule is ClC1C2CCC1COC2. The molecule has 2 unspecified atom stereocenters. The van der Waals surface area contributed by atoms with Crippen LogP contribution >= 0.6 is 11.6 Å². The first-order valence-electron chi connectivity index (χ1n) is 3.60. The zero-order valence-corrected chi connectivity index (χ0v) is 6.10. The minimum atomic E-state index is 0.429. The van der Waals surface area contributed by atoms with Crippen molar-refractivity contribution in [3.63, 3.8) is 0 Å². The Kier molecular flexibility index (Phi) is 1.42. The second-order valence-electron chi connectivity index (χ2n) is 3.08. The van der Waals surface area contributed by atoms with Gasteiger partial charge in [0.05, 0.1) is 13.2 Å². The van der Waals surface area contributed by atoms with Crippen molar-refractivity contribution in [2.24, 2.45) is 11.8 Å². The van der Waals surface area contributed by atoms with Crippen molar-refractivity contribution in [2.75, 3.05) is 13.2 Å². The van der Waals surface area contributed by atoms with Gasteiger partial charge in [0.25, 0.3) is 0 Å². The molecule has 1 saturated carbocycles. The smallest absolute Gasteiger partial charge is 0.0508 e. The maximum Gasteiger partial charge on any atom is 0.0508 e. The summed E-state index contributed by atoms with van der Waals surface area (Å²) in [7, 11) is 0. The highest BCUT2D eigenvalue weighted by molar-refractivity contribution is 6.21. The third-order valence-electron chi connectivity index (χ3n) is 2.47. The quantitative estimate of drug-likeness (QED) is 0.473. The van der Waals surface area contributed by atoms with Crippen LogP contribution in [-0.4, -0.2) is 18.6 Å². The fraction of sp³-hybridized carbons (Fsp3) is 1.00. The summed E-state index contributed by atoms with van der Waals surface area (Å²) in [5, 5.41) is 0.429. The van der Waals surface area contributed by atoms with Gasteiger partial charge in [-0.05, 0) is 24.7 Å². The Morgan fingerprint density at radius 1 is 1.11 bits per heavy atom. The highest BCUT2D eigenvalue weighted by atomic mass is 35.5. The fourth-order valence-corrected chi connectivity index (χ4v) is 2.25. The van der Waals surface area contributed by atoms with E-state index >= 15 is 0 Å². The van der Waals surface area contributed by atoms with Gasteiger partial charge >= 0.3 is 0 Å². The molecular formula is C7H11ClO. The van der Waals surface area contributed by atoms with Gasteiger partial charge in [-0.3, -0.25) is 0 Å². The maximum absolute atomic E-state index is 6.10. The van der Waals surface area contributed by atoms with Crippen molar-refractivity contribution >= 4 is 11.6 Å². The van der Waals surface area contributed by atoms with Crippen molar-refractivity contribution in [1.29, 1.82) is 0 Å². The second-order valence-corrected chi connectivity index (χ2v) is 3.58. The summed E-state index contributed by atoms with van der Waals surface area (Å²) in [6.07, 6.45) is 2.58. The predicted molar refractivity (Wildman–Crippen MR) is 36.7 cm³/mol. The van der Waals surface area contributed by atoms with Gasteiger partial charge in [0.15, 0.2) is 0 Å². The molecule has 1 aliphatic carbocycles. The summed E-state index contributed by atoms with van der Waals surface area (Å²) in [4.78, 5) is 0. The average molecular weight is 147 g/mol. The van der Waals surface area contributed by atoms with Gasteiger partial charge in [-0.1, -0.05) is 0 Å². The molecule has 2 fully saturated rings. The lowest BCUT2D eigenvalue weighted by molar-refractivity contribution is 0.0506. The monoisotopic (exact) mass is 146 g/mol. The molecule has 1 nitrogen and oxygen atoms in total. The van der Waals surface area contributed by atoms with Crippen molar-refractivity contribution < 1.29 is 4.74 Å². The Hall–Kier alpha value is 0.250. The molecule has 2 aliphatic rings. The van der Waals surface area contributed by atoms with Gasteiger partial charge in [0, 0.05) is 5.38 Å². The van der Waals surface area contributed by atoms with Crippen LogP contribution in [0.15, 0.2) is 0 Å². The molecule has 2 atom stereocenters. The Morgan fingerprint density at radius 2 is 1.67 bits per heavy atom. The van der Waals surface area contributed by atoms with E-state index in [1.54, 1.807) is 0 Å². The molecule has 0 aromatic carbocycles. The van der Waals surface area contributed by atoms with E-state index in [9.17, 15) is 0 Å². The average Bonchev–Trinajstić information content (AvgIpc) is 2.19. The third-order valence-corrected chi connectivity index (χ3v) is 3.19. The molecule has 0 aromatic heterocycles. The van der Waals surface area contributed by atoms with Crippen LogP contribution in [0.2, 0.25) is 0 Å². The zero-order valence-electron chi connectivity index (χ0n) is 5.35. The standard InChI is InChI=1S/C7H11ClO/c8-7-5-1-2-6(7)4-9-3-5/h5-7H,1-4H2. The number of fused-ring (bicyclic) bond motifs is 2. The highest BCUT2D eigenvalue weighted by Gasteiger charge is 2.38. The first kappa shape index (κ1) is 5.99. The van der Waals surface area contributed by atoms with Crippen LogP contribution in [0.3, 0.4) is 0 Å². The Labute approximate surface area is 60.3 Å². The molecule has 2 heteroatoms. The maximum atomic E-state index is 6.10. The summed E-state index contributed by atoms with van der Waals surface area (Å²) < 4.78 is 5.34. The highest BCUT2D eigenvalue weighted by Crippen LogP contribution is 2.38. The summed E-state index contributed by atoms with van der Waals surface area (Å²) in [6, 6.07) is 0. The molecule has 52 valence electrons. The lowest BCUT2D eigenvalue weighted by Gasteiger charge is -2.24. The van der Waals surface area contributed by atoms with Crippen LogP contribution in [0.25, 0.3) is 0 Å². The molecule has 0 radical (unpaired) electrons. The first-order chi connectivity index (χ1) is 4.38. The minimum Gasteiger partial charge on any atom is -0.381 e. The molecule has 1 heterocycles. The van der Waals surface area contributed by atoms with Crippen LogP contribution in [-0.2, 0) is 4.74 Å². The summed E-state index contributed by atoms with van der Waals surface area (Å²) in [5.74, 6) is 1.34. The number of hydrogen-bond donors (Lipinski definition) is 0. The van der Waals surface area contributed by atoms with Crippen LogP contribution in [0.5, 0.6) is 0 Å². The number of alkyl halides is 1. The predicted octanol–water partition coefficient (Wildman–Crippen LogP) is 1.65. The van der Waals surface area contributed by atoms with Crippen molar-refractivity contribution in [1.82, 2.24) is 0 Å². The molecule has 0 N–H and O–H groups in total. The lowest BCUT2D eigenvalue weighted by atomic mass is 10.0. The van der Waals surface area contributed by atoms with Crippen LogP contribution in [0.4, 0.5) is 0 Å². The van der Waals surface area contributed by atoms with Crippen molar-refractivity contribution in [3.05, 3.63) is 0 Å². The number of halogens is 1. The van der Waals surface area contributed by atoms with Gasteiger partial charge < -0.3 is 4.74 Å². The molecule has 1 aliphatic heterocycles. The molecule has 9 heavy (non-hydrogen) atoms. The van der Waals surface area contributed by atoms with Gasteiger partial charge in [-0.2, -0.15) is 0 Å². The number of ether oxygens (including phenoxy) is 1. The Bertz CT molecular complexity index is 99.5. The molecule has 2 rings (SSSR count). The van der Waals surface area contributed by atoms with E-state index in [1.807, 2.05) is 0 Å². The van der Waals surface area contributed by atoms with E-state index in [0.717, 1.165) is 13.2 Å². The van der Waals surface area contributed by atoms with E-state index in [0.29, 0.717) is 17.2 Å². The third kappa shape index (κ3) is 0.870. The van der Waals surface area contributed by atoms with Gasteiger partial charge in [-0.15, -0.1) is 11.6 Å². The topological polar surface area (TPSA) is 9.23 Å². The first-order valence-corrected chi connectivity index (χ1v) is 4.03. The molecule has 0 spiro atoms. The number of rotatable bonds is 0. The molecular weight excluding hydrogens is 136 g/mol. The van der Waals surface area contributed by atoms with E-state index in [4.69, 9.17) is 16.3 Å².